The Balaban J connectivity index is 1.79. The quantitative estimate of drug-likeness (QED) is 0.759. The minimum Gasteiger partial charge on any atom is -0.300 e. The monoisotopic (exact) mass is 204 g/mol. The topological polar surface area (TPSA) is 38.5 Å². The van der Waals surface area contributed by atoms with Crippen LogP contribution in [-0.4, -0.2) is 10.9 Å². The van der Waals surface area contributed by atoms with E-state index in [0.29, 0.717) is 6.61 Å². The zero-order valence-corrected chi connectivity index (χ0v) is 8.78. The van der Waals surface area contributed by atoms with E-state index in [1.807, 2.05) is 0 Å². The molecule has 1 aromatic carbocycles. The van der Waals surface area contributed by atoms with Gasteiger partial charge in [0.1, 0.15) is 0 Å². The third-order valence-electron chi connectivity index (χ3n) is 3.33. The molecule has 1 aromatic rings. The van der Waals surface area contributed by atoms with Crippen molar-refractivity contribution in [2.45, 2.75) is 38.6 Å². The highest BCUT2D eigenvalue weighted by molar-refractivity contribution is 5.35. The van der Waals surface area contributed by atoms with Crippen LogP contribution in [0.5, 0.6) is 0 Å². The fourth-order valence-electron chi connectivity index (χ4n) is 2.36. The van der Waals surface area contributed by atoms with Crippen LogP contribution in [0.15, 0.2) is 18.2 Å². The fourth-order valence-corrected chi connectivity index (χ4v) is 2.36. The lowest BCUT2D eigenvalue weighted by molar-refractivity contribution is 0.124. The summed E-state index contributed by atoms with van der Waals surface area (Å²) in [6, 6.07) is 7.41. The zero-order chi connectivity index (χ0) is 10.3. The van der Waals surface area contributed by atoms with Crippen molar-refractivity contribution in [2.24, 2.45) is 5.90 Å². The SMILES string of the molecule is NOCc1ccc2c(c1)CN(C1CC1)C2. The average Bonchev–Trinajstić information content (AvgIpc) is 2.99. The van der Waals surface area contributed by atoms with E-state index in [1.54, 1.807) is 0 Å². The molecule has 0 unspecified atom stereocenters. The smallest absolute Gasteiger partial charge is 0.0930 e. The van der Waals surface area contributed by atoms with Crippen LogP contribution in [0.3, 0.4) is 0 Å². The molecule has 1 fully saturated rings. The summed E-state index contributed by atoms with van der Waals surface area (Å²) >= 11 is 0. The second-order valence-corrected chi connectivity index (χ2v) is 4.55. The first-order valence-electron chi connectivity index (χ1n) is 5.53. The van der Waals surface area contributed by atoms with Gasteiger partial charge in [-0.25, -0.2) is 5.90 Å². The summed E-state index contributed by atoms with van der Waals surface area (Å²) in [6.45, 7) is 2.75. The Hall–Kier alpha value is -0.900. The van der Waals surface area contributed by atoms with Crippen LogP contribution >= 0.6 is 0 Å². The molecule has 3 rings (SSSR count). The summed E-state index contributed by atoms with van der Waals surface area (Å²) in [7, 11) is 0. The van der Waals surface area contributed by atoms with Gasteiger partial charge in [-0.15, -0.1) is 0 Å². The van der Waals surface area contributed by atoms with Crippen LogP contribution in [0.25, 0.3) is 0 Å². The molecule has 3 heteroatoms. The molecule has 1 aliphatic heterocycles. The van der Waals surface area contributed by atoms with Crippen LogP contribution < -0.4 is 5.90 Å². The molecule has 1 saturated carbocycles. The molecule has 3 nitrogen and oxygen atoms in total. The van der Waals surface area contributed by atoms with Gasteiger partial charge in [-0.1, -0.05) is 18.2 Å². The Morgan fingerprint density at radius 2 is 2.07 bits per heavy atom. The zero-order valence-electron chi connectivity index (χ0n) is 8.78. The summed E-state index contributed by atoms with van der Waals surface area (Å²) in [4.78, 5) is 7.23. The standard InChI is InChI=1S/C12H16N2O/c13-15-8-9-1-2-10-6-14(12-3-4-12)7-11(10)5-9/h1-2,5,12H,3-4,6-8,13H2. The largest absolute Gasteiger partial charge is 0.300 e. The van der Waals surface area contributed by atoms with Gasteiger partial charge in [0.25, 0.3) is 0 Å². The predicted octanol–water partition coefficient (Wildman–Crippen LogP) is 1.55. The van der Waals surface area contributed by atoms with Gasteiger partial charge in [0.2, 0.25) is 0 Å². The number of hydrogen-bond acceptors (Lipinski definition) is 3. The van der Waals surface area contributed by atoms with Crippen molar-refractivity contribution in [1.29, 1.82) is 0 Å². The maximum absolute atomic E-state index is 5.08. The van der Waals surface area contributed by atoms with Crippen molar-refractivity contribution >= 4 is 0 Å². The molecule has 0 amide bonds. The normalized spacial score (nSPS) is 20.6. The van der Waals surface area contributed by atoms with E-state index >= 15 is 0 Å². The van der Waals surface area contributed by atoms with E-state index in [0.717, 1.165) is 19.1 Å². The second-order valence-electron chi connectivity index (χ2n) is 4.55. The van der Waals surface area contributed by atoms with E-state index in [-0.39, 0.29) is 0 Å². The van der Waals surface area contributed by atoms with Crippen LogP contribution in [-0.2, 0) is 24.5 Å². The molecule has 0 atom stereocenters. The lowest BCUT2D eigenvalue weighted by Gasteiger charge is -2.11. The number of nitrogens with two attached hydrogens (primary N) is 1. The van der Waals surface area contributed by atoms with Crippen LogP contribution in [0.2, 0.25) is 0 Å². The molecule has 2 N–H and O–H groups in total. The highest BCUT2D eigenvalue weighted by Crippen LogP contribution is 2.34. The lowest BCUT2D eigenvalue weighted by atomic mass is 10.1. The van der Waals surface area contributed by atoms with E-state index < -0.39 is 0 Å². The third kappa shape index (κ3) is 1.78. The van der Waals surface area contributed by atoms with E-state index in [4.69, 9.17) is 5.90 Å². The van der Waals surface area contributed by atoms with Crippen molar-refractivity contribution in [2.75, 3.05) is 0 Å². The third-order valence-corrected chi connectivity index (χ3v) is 3.33. The predicted molar refractivity (Wildman–Crippen MR) is 57.7 cm³/mol. The first-order valence-corrected chi connectivity index (χ1v) is 5.53. The molecule has 1 heterocycles. The second kappa shape index (κ2) is 3.59. The molecule has 1 aliphatic carbocycles. The minimum atomic E-state index is 0.511. The number of benzene rings is 1. The summed E-state index contributed by atoms with van der Waals surface area (Å²) < 4.78 is 0. The molecule has 0 bridgehead atoms. The molecule has 15 heavy (non-hydrogen) atoms. The Morgan fingerprint density at radius 3 is 2.80 bits per heavy atom. The molecule has 2 aliphatic rings. The Labute approximate surface area is 89.8 Å². The molecule has 0 radical (unpaired) electrons. The molecule has 0 aromatic heterocycles. The van der Waals surface area contributed by atoms with Crippen LogP contribution in [0, 0.1) is 0 Å². The van der Waals surface area contributed by atoms with E-state index in [1.165, 1.54) is 29.5 Å². The fraction of sp³-hybridized carbons (Fsp3) is 0.500. The molecule has 0 spiro atoms. The van der Waals surface area contributed by atoms with Gasteiger partial charge >= 0.3 is 0 Å². The number of fused-ring (bicyclic) bond motifs is 1. The van der Waals surface area contributed by atoms with E-state index in [2.05, 4.69) is 27.9 Å². The summed E-state index contributed by atoms with van der Waals surface area (Å²) in [5.41, 5.74) is 4.10. The number of nitrogens with zero attached hydrogens (tertiary/aromatic N) is 1. The first kappa shape index (κ1) is 9.33. The molecular formula is C12H16N2O. The summed E-state index contributed by atoms with van der Waals surface area (Å²) in [6.07, 6.45) is 2.76. The van der Waals surface area contributed by atoms with E-state index in [9.17, 15) is 0 Å². The van der Waals surface area contributed by atoms with Crippen LogP contribution in [0.4, 0.5) is 0 Å². The maximum atomic E-state index is 5.08. The van der Waals surface area contributed by atoms with Gasteiger partial charge < -0.3 is 0 Å². The van der Waals surface area contributed by atoms with Gasteiger partial charge in [-0.3, -0.25) is 9.74 Å². The van der Waals surface area contributed by atoms with Gasteiger partial charge in [-0.2, -0.15) is 0 Å². The number of rotatable bonds is 3. The van der Waals surface area contributed by atoms with Crippen molar-refractivity contribution in [3.8, 4) is 0 Å². The Bertz CT molecular complexity index is 374. The van der Waals surface area contributed by atoms with Gasteiger partial charge in [0.15, 0.2) is 0 Å². The lowest BCUT2D eigenvalue weighted by Crippen LogP contribution is -2.18. The van der Waals surface area contributed by atoms with Gasteiger partial charge in [-0.05, 0) is 29.5 Å². The molecule has 80 valence electrons. The van der Waals surface area contributed by atoms with Gasteiger partial charge in [0, 0.05) is 19.1 Å². The summed E-state index contributed by atoms with van der Waals surface area (Å²) in [5.74, 6) is 5.08. The number of hydrogen-bond donors (Lipinski definition) is 1. The average molecular weight is 204 g/mol. The minimum absolute atomic E-state index is 0.511. The maximum Gasteiger partial charge on any atom is 0.0930 e. The van der Waals surface area contributed by atoms with Crippen molar-refractivity contribution in [1.82, 2.24) is 4.90 Å². The van der Waals surface area contributed by atoms with Crippen LogP contribution in [0.1, 0.15) is 29.5 Å². The van der Waals surface area contributed by atoms with Gasteiger partial charge in [0.05, 0.1) is 6.61 Å². The molecular weight excluding hydrogens is 188 g/mol. The van der Waals surface area contributed by atoms with Crippen molar-refractivity contribution in [3.05, 3.63) is 34.9 Å². The van der Waals surface area contributed by atoms with Crippen molar-refractivity contribution in [3.63, 3.8) is 0 Å². The molecule has 0 saturated heterocycles. The first-order chi connectivity index (χ1) is 7.36. The highest BCUT2D eigenvalue weighted by Gasteiger charge is 2.32. The Morgan fingerprint density at radius 1 is 1.27 bits per heavy atom. The van der Waals surface area contributed by atoms with Crippen molar-refractivity contribution < 1.29 is 4.84 Å². The Kier molecular flexibility index (Phi) is 2.24. The summed E-state index contributed by atoms with van der Waals surface area (Å²) in [5, 5.41) is 0. The highest BCUT2D eigenvalue weighted by atomic mass is 16.6.